The molecule has 2 amide bonds. The number of carboxylic acid groups (broad SMARTS) is 1. The number of amides is 2. The van der Waals surface area contributed by atoms with Gasteiger partial charge in [0.05, 0.1) is 0 Å². The minimum absolute atomic E-state index is 0.327. The van der Waals surface area contributed by atoms with Crippen LogP contribution < -0.4 is 10.6 Å². The number of carbonyl (C=O) groups excluding carboxylic acids is 1. The largest absolute Gasteiger partial charge is 0.465 e. The molecule has 2 aromatic rings. The average molecular weight is 322 g/mol. The van der Waals surface area contributed by atoms with Crippen LogP contribution in [0.1, 0.15) is 24.0 Å². The van der Waals surface area contributed by atoms with E-state index in [1.165, 1.54) is 0 Å². The van der Waals surface area contributed by atoms with E-state index in [1.54, 1.807) is 31.2 Å². The van der Waals surface area contributed by atoms with Gasteiger partial charge in [-0.25, -0.2) is 4.79 Å². The van der Waals surface area contributed by atoms with Crippen molar-refractivity contribution >= 4 is 17.7 Å². The van der Waals surface area contributed by atoms with Gasteiger partial charge in [0.1, 0.15) is 6.04 Å². The zero-order valence-electron chi connectivity index (χ0n) is 13.2. The van der Waals surface area contributed by atoms with Gasteiger partial charge in [-0.1, -0.05) is 43.2 Å². The van der Waals surface area contributed by atoms with E-state index in [2.05, 4.69) is 16.6 Å². The molecule has 2 aromatic carbocycles. The number of anilines is 1. The van der Waals surface area contributed by atoms with E-state index in [0.717, 1.165) is 5.56 Å². The Hall–Kier alpha value is -3.26. The first-order valence-corrected chi connectivity index (χ1v) is 7.43. The lowest BCUT2D eigenvalue weighted by atomic mass is 9.92. The molecule has 5 nitrogen and oxygen atoms in total. The fourth-order valence-corrected chi connectivity index (χ4v) is 2.37. The monoisotopic (exact) mass is 322 g/mol. The molecule has 0 bridgehead atoms. The van der Waals surface area contributed by atoms with Gasteiger partial charge in [-0.05, 0) is 29.8 Å². The molecular formula is C19H18N2O3. The number of rotatable bonds is 5. The highest BCUT2D eigenvalue weighted by Crippen LogP contribution is 2.20. The van der Waals surface area contributed by atoms with E-state index in [-0.39, 0.29) is 5.92 Å². The van der Waals surface area contributed by atoms with Crippen LogP contribution >= 0.6 is 0 Å². The summed E-state index contributed by atoms with van der Waals surface area (Å²) in [5.74, 6) is 1.74. The van der Waals surface area contributed by atoms with Gasteiger partial charge in [0.2, 0.25) is 5.91 Å². The maximum atomic E-state index is 12.5. The van der Waals surface area contributed by atoms with E-state index in [0.29, 0.717) is 11.3 Å². The lowest BCUT2D eigenvalue weighted by Gasteiger charge is -2.23. The molecule has 0 aliphatic rings. The number of hydrogen-bond donors (Lipinski definition) is 3. The predicted octanol–water partition coefficient (Wildman–Crippen LogP) is 3.05. The summed E-state index contributed by atoms with van der Waals surface area (Å²) >= 11 is 0. The van der Waals surface area contributed by atoms with E-state index in [1.807, 2.05) is 30.3 Å². The fourth-order valence-electron chi connectivity index (χ4n) is 2.37. The van der Waals surface area contributed by atoms with Gasteiger partial charge in [-0.3, -0.25) is 4.79 Å². The molecular weight excluding hydrogens is 304 g/mol. The summed E-state index contributed by atoms with van der Waals surface area (Å²) in [7, 11) is 0. The molecule has 0 heterocycles. The Morgan fingerprint density at radius 3 is 2.25 bits per heavy atom. The summed E-state index contributed by atoms with van der Waals surface area (Å²) in [6.45, 7) is 1.80. The van der Waals surface area contributed by atoms with E-state index in [9.17, 15) is 9.59 Å². The zero-order valence-corrected chi connectivity index (χ0v) is 13.2. The van der Waals surface area contributed by atoms with Gasteiger partial charge in [-0.2, -0.15) is 0 Å². The van der Waals surface area contributed by atoms with Crippen molar-refractivity contribution in [3.63, 3.8) is 0 Å². The number of terminal acetylenes is 1. The number of hydrogen-bond acceptors (Lipinski definition) is 2. The zero-order chi connectivity index (χ0) is 17.5. The molecule has 122 valence electrons. The second-order valence-electron chi connectivity index (χ2n) is 5.34. The van der Waals surface area contributed by atoms with E-state index < -0.39 is 18.0 Å². The first kappa shape index (κ1) is 17.1. The van der Waals surface area contributed by atoms with Crippen LogP contribution in [0.25, 0.3) is 0 Å². The van der Waals surface area contributed by atoms with E-state index in [4.69, 9.17) is 11.5 Å². The summed E-state index contributed by atoms with van der Waals surface area (Å²) in [5, 5.41) is 14.1. The Morgan fingerprint density at radius 2 is 1.71 bits per heavy atom. The minimum atomic E-state index is -1.25. The first-order valence-electron chi connectivity index (χ1n) is 7.43. The molecule has 0 aliphatic heterocycles. The van der Waals surface area contributed by atoms with Gasteiger partial charge < -0.3 is 15.7 Å². The third-order valence-electron chi connectivity index (χ3n) is 3.71. The third kappa shape index (κ3) is 4.37. The van der Waals surface area contributed by atoms with Crippen LogP contribution in [0.3, 0.4) is 0 Å². The molecule has 0 fully saturated rings. The number of benzene rings is 2. The Balaban J connectivity index is 2.18. The minimum Gasteiger partial charge on any atom is -0.465 e. The predicted molar refractivity (Wildman–Crippen MR) is 92.8 cm³/mol. The van der Waals surface area contributed by atoms with Gasteiger partial charge in [0.25, 0.3) is 0 Å². The molecule has 0 unspecified atom stereocenters. The standard InChI is InChI=1S/C19H18N2O3/c1-3-14-9-11-16(12-10-14)20-18(22)17(21-19(23)24)13(2)15-7-5-4-6-8-15/h1,4-13,17,21H,2H3,(H,20,22)(H,23,24)/t13-,17+/m1/s1. The number of carbonyl (C=O) groups is 2. The smallest absolute Gasteiger partial charge is 0.405 e. The van der Waals surface area contributed by atoms with Crippen molar-refractivity contribution in [3.05, 3.63) is 65.7 Å². The van der Waals surface area contributed by atoms with Gasteiger partial charge in [0.15, 0.2) is 0 Å². The Morgan fingerprint density at radius 1 is 1.08 bits per heavy atom. The Bertz CT molecular complexity index is 748. The van der Waals surface area contributed by atoms with Crippen molar-refractivity contribution in [2.45, 2.75) is 18.9 Å². The molecule has 0 aromatic heterocycles. The Labute approximate surface area is 140 Å². The summed E-state index contributed by atoms with van der Waals surface area (Å²) in [5.41, 5.74) is 2.12. The van der Waals surface area contributed by atoms with Gasteiger partial charge in [0, 0.05) is 17.2 Å². The fraction of sp³-hybridized carbons (Fsp3) is 0.158. The molecule has 0 radical (unpaired) electrons. The van der Waals surface area contributed by atoms with Crippen molar-refractivity contribution in [2.24, 2.45) is 0 Å². The first-order chi connectivity index (χ1) is 11.5. The van der Waals surface area contributed by atoms with Crippen LogP contribution in [0.4, 0.5) is 10.5 Å². The highest BCUT2D eigenvalue weighted by molar-refractivity contribution is 5.97. The van der Waals surface area contributed by atoms with Crippen molar-refractivity contribution in [3.8, 4) is 12.3 Å². The summed E-state index contributed by atoms with van der Waals surface area (Å²) in [4.78, 5) is 23.6. The second-order valence-corrected chi connectivity index (χ2v) is 5.34. The summed E-state index contributed by atoms with van der Waals surface area (Å²) < 4.78 is 0. The maximum Gasteiger partial charge on any atom is 0.405 e. The molecule has 2 atom stereocenters. The van der Waals surface area contributed by atoms with Crippen LogP contribution in [-0.4, -0.2) is 23.1 Å². The molecule has 24 heavy (non-hydrogen) atoms. The molecule has 0 saturated carbocycles. The molecule has 5 heteroatoms. The van der Waals surface area contributed by atoms with Crippen molar-refractivity contribution < 1.29 is 14.7 Å². The summed E-state index contributed by atoms with van der Waals surface area (Å²) in [6.07, 6.45) is 4.05. The Kier molecular flexibility index (Phi) is 5.58. The highest BCUT2D eigenvalue weighted by atomic mass is 16.4. The van der Waals surface area contributed by atoms with Crippen LogP contribution in [0.15, 0.2) is 54.6 Å². The average Bonchev–Trinajstić information content (AvgIpc) is 2.60. The normalized spacial score (nSPS) is 12.5. The topological polar surface area (TPSA) is 78.4 Å². The molecule has 0 saturated heterocycles. The van der Waals surface area contributed by atoms with Crippen LogP contribution in [0, 0.1) is 12.3 Å². The molecule has 0 aliphatic carbocycles. The summed E-state index contributed by atoms with van der Waals surface area (Å²) in [6, 6.07) is 15.1. The van der Waals surface area contributed by atoms with Crippen molar-refractivity contribution in [1.29, 1.82) is 0 Å². The molecule has 0 spiro atoms. The maximum absolute atomic E-state index is 12.5. The van der Waals surface area contributed by atoms with Crippen molar-refractivity contribution in [2.75, 3.05) is 5.32 Å². The van der Waals surface area contributed by atoms with E-state index >= 15 is 0 Å². The SMILES string of the molecule is C#Cc1ccc(NC(=O)[C@@H](NC(=O)O)[C@H](C)c2ccccc2)cc1. The van der Waals surface area contributed by atoms with Gasteiger partial charge >= 0.3 is 6.09 Å². The van der Waals surface area contributed by atoms with Crippen molar-refractivity contribution in [1.82, 2.24) is 5.32 Å². The quantitative estimate of drug-likeness (QED) is 0.740. The molecule has 2 rings (SSSR count). The number of nitrogens with one attached hydrogen (secondary N) is 2. The second kappa shape index (κ2) is 7.84. The van der Waals surface area contributed by atoms with Crippen LogP contribution in [-0.2, 0) is 4.79 Å². The van der Waals surface area contributed by atoms with Gasteiger partial charge in [-0.15, -0.1) is 6.42 Å². The lowest BCUT2D eigenvalue weighted by Crippen LogP contribution is -2.46. The highest BCUT2D eigenvalue weighted by Gasteiger charge is 2.28. The molecule has 3 N–H and O–H groups in total. The third-order valence-corrected chi connectivity index (χ3v) is 3.71. The van der Waals surface area contributed by atoms with Crippen LogP contribution in [0.2, 0.25) is 0 Å². The van der Waals surface area contributed by atoms with Crippen LogP contribution in [0.5, 0.6) is 0 Å². The lowest BCUT2D eigenvalue weighted by molar-refractivity contribution is -0.118.